The summed E-state index contributed by atoms with van der Waals surface area (Å²) >= 11 is 1.42. The molecule has 0 saturated heterocycles. The van der Waals surface area contributed by atoms with Crippen LogP contribution in [0.4, 0.5) is 5.69 Å². The zero-order chi connectivity index (χ0) is 17.6. The standard InChI is InChI=1S/C18H20N3O3S/c22-20(15-6-2-1-3-7-15)13-14-12-16(21(23)24)9-10-17(14)25-18-8-4-5-11-19-18/h4-5,8-13,15,22H,1-3,6-7H2/q+1/b20-13-. The lowest BCUT2D eigenvalue weighted by Gasteiger charge is -2.15. The van der Waals surface area contributed by atoms with Crippen LogP contribution in [0.1, 0.15) is 37.7 Å². The minimum atomic E-state index is -0.422. The molecular formula is C18H20N3O3S+. The van der Waals surface area contributed by atoms with Gasteiger partial charge in [-0.05, 0) is 35.8 Å². The predicted molar refractivity (Wildman–Crippen MR) is 95.5 cm³/mol. The van der Waals surface area contributed by atoms with Gasteiger partial charge in [-0.3, -0.25) is 15.3 Å². The highest BCUT2D eigenvalue weighted by Gasteiger charge is 2.25. The van der Waals surface area contributed by atoms with Gasteiger partial charge in [-0.25, -0.2) is 4.98 Å². The molecular weight excluding hydrogens is 338 g/mol. The van der Waals surface area contributed by atoms with Crippen molar-refractivity contribution in [2.45, 2.75) is 48.1 Å². The van der Waals surface area contributed by atoms with Crippen LogP contribution in [-0.4, -0.2) is 32.1 Å². The Kier molecular flexibility index (Phi) is 5.65. The second kappa shape index (κ2) is 8.11. The highest BCUT2D eigenvalue weighted by atomic mass is 32.2. The topological polar surface area (TPSA) is 79.3 Å². The van der Waals surface area contributed by atoms with Gasteiger partial charge in [0.25, 0.3) is 5.69 Å². The molecule has 130 valence electrons. The molecule has 0 atom stereocenters. The largest absolute Gasteiger partial charge is 0.291 e. The summed E-state index contributed by atoms with van der Waals surface area (Å²) in [6.45, 7) is 0. The van der Waals surface area contributed by atoms with Gasteiger partial charge in [0.1, 0.15) is 5.03 Å². The maximum absolute atomic E-state index is 11.1. The van der Waals surface area contributed by atoms with Gasteiger partial charge in [0.05, 0.1) is 10.5 Å². The van der Waals surface area contributed by atoms with Gasteiger partial charge >= 0.3 is 0 Å². The molecule has 0 radical (unpaired) electrons. The average molecular weight is 358 g/mol. The van der Waals surface area contributed by atoms with Gasteiger partial charge in [-0.1, -0.05) is 24.2 Å². The van der Waals surface area contributed by atoms with E-state index in [2.05, 4.69) is 4.98 Å². The molecule has 0 aliphatic heterocycles. The van der Waals surface area contributed by atoms with Crippen molar-refractivity contribution in [2.75, 3.05) is 0 Å². The highest BCUT2D eigenvalue weighted by molar-refractivity contribution is 7.99. The number of rotatable bonds is 5. The second-order valence-electron chi connectivity index (χ2n) is 6.05. The normalized spacial score (nSPS) is 15.9. The third-order valence-electron chi connectivity index (χ3n) is 4.28. The molecule has 1 aliphatic rings. The molecule has 25 heavy (non-hydrogen) atoms. The summed E-state index contributed by atoms with van der Waals surface area (Å²) in [4.78, 5) is 15.8. The summed E-state index contributed by atoms with van der Waals surface area (Å²) in [6, 6.07) is 10.4. The predicted octanol–water partition coefficient (Wildman–Crippen LogP) is 4.29. The van der Waals surface area contributed by atoms with Gasteiger partial charge in [-0.15, -0.1) is 0 Å². The lowest BCUT2D eigenvalue weighted by Crippen LogP contribution is -2.27. The quantitative estimate of drug-likeness (QED) is 0.283. The second-order valence-corrected chi connectivity index (χ2v) is 7.11. The van der Waals surface area contributed by atoms with Crippen LogP contribution in [-0.2, 0) is 0 Å². The Morgan fingerprint density at radius 3 is 2.68 bits per heavy atom. The molecule has 0 amide bonds. The Balaban J connectivity index is 1.93. The number of nitrogens with zero attached hydrogens (tertiary/aromatic N) is 3. The molecule has 1 heterocycles. The number of pyridine rings is 1. The fraction of sp³-hybridized carbons (Fsp3) is 0.333. The van der Waals surface area contributed by atoms with Crippen LogP contribution in [0.2, 0.25) is 0 Å². The molecule has 1 aromatic heterocycles. The zero-order valence-electron chi connectivity index (χ0n) is 13.7. The van der Waals surface area contributed by atoms with E-state index < -0.39 is 4.92 Å². The number of benzene rings is 1. The monoisotopic (exact) mass is 358 g/mol. The molecule has 3 rings (SSSR count). The van der Waals surface area contributed by atoms with Gasteiger partial charge in [0, 0.05) is 36.1 Å². The van der Waals surface area contributed by atoms with E-state index in [0.717, 1.165) is 35.6 Å². The highest BCUT2D eigenvalue weighted by Crippen LogP contribution is 2.31. The SMILES string of the molecule is O=[N+]([O-])c1ccc(Sc2ccccn2)c(/C=[N+](\O)C2CCCCC2)c1. The number of hydrogen-bond donors (Lipinski definition) is 1. The van der Waals surface area contributed by atoms with Crippen LogP contribution in [0.25, 0.3) is 0 Å². The van der Waals surface area contributed by atoms with E-state index in [1.165, 1.54) is 35.1 Å². The van der Waals surface area contributed by atoms with E-state index in [0.29, 0.717) is 5.56 Å². The third-order valence-corrected chi connectivity index (χ3v) is 5.32. The molecule has 0 unspecified atom stereocenters. The van der Waals surface area contributed by atoms with Crippen molar-refractivity contribution in [1.82, 2.24) is 4.98 Å². The zero-order valence-corrected chi connectivity index (χ0v) is 14.6. The average Bonchev–Trinajstić information content (AvgIpc) is 2.64. The van der Waals surface area contributed by atoms with E-state index in [4.69, 9.17) is 0 Å². The van der Waals surface area contributed by atoms with Crippen molar-refractivity contribution in [1.29, 1.82) is 0 Å². The summed E-state index contributed by atoms with van der Waals surface area (Å²) in [5, 5.41) is 22.3. The van der Waals surface area contributed by atoms with Crippen LogP contribution < -0.4 is 0 Å². The molecule has 2 aromatic rings. The van der Waals surface area contributed by atoms with Crippen molar-refractivity contribution >= 4 is 23.7 Å². The Morgan fingerprint density at radius 1 is 1.20 bits per heavy atom. The Hall–Kier alpha value is -2.41. The molecule has 0 spiro atoms. The summed E-state index contributed by atoms with van der Waals surface area (Å²) < 4.78 is 1.22. The summed E-state index contributed by atoms with van der Waals surface area (Å²) in [6.07, 6.45) is 8.57. The molecule has 1 aliphatic carbocycles. The van der Waals surface area contributed by atoms with Crippen LogP contribution in [0.5, 0.6) is 0 Å². The minimum absolute atomic E-state index is 0.00802. The van der Waals surface area contributed by atoms with Crippen molar-refractivity contribution in [2.24, 2.45) is 0 Å². The van der Waals surface area contributed by atoms with Gasteiger partial charge < -0.3 is 0 Å². The number of hydrogen-bond acceptors (Lipinski definition) is 5. The number of aromatic nitrogens is 1. The van der Waals surface area contributed by atoms with Crippen molar-refractivity contribution in [3.8, 4) is 0 Å². The first-order valence-electron chi connectivity index (χ1n) is 8.33. The van der Waals surface area contributed by atoms with Crippen LogP contribution in [0.3, 0.4) is 0 Å². The molecule has 1 saturated carbocycles. The molecule has 7 heteroatoms. The number of hydroxylamine groups is 1. The summed E-state index contributed by atoms with van der Waals surface area (Å²) in [5.41, 5.74) is 0.631. The van der Waals surface area contributed by atoms with E-state index >= 15 is 0 Å². The molecule has 0 bridgehead atoms. The maximum Gasteiger partial charge on any atom is 0.270 e. The minimum Gasteiger partial charge on any atom is -0.291 e. The number of non-ortho nitro benzene ring substituents is 1. The fourth-order valence-electron chi connectivity index (χ4n) is 2.96. The number of nitro groups is 1. The summed E-state index contributed by atoms with van der Waals surface area (Å²) in [7, 11) is 0. The van der Waals surface area contributed by atoms with E-state index in [1.54, 1.807) is 18.5 Å². The summed E-state index contributed by atoms with van der Waals surface area (Å²) in [5.74, 6) is 0. The van der Waals surface area contributed by atoms with Crippen molar-refractivity contribution in [3.63, 3.8) is 0 Å². The first-order chi connectivity index (χ1) is 12.1. The maximum atomic E-state index is 11.1. The first kappa shape index (κ1) is 17.4. The molecule has 1 fully saturated rings. The van der Waals surface area contributed by atoms with E-state index in [1.807, 2.05) is 18.2 Å². The Morgan fingerprint density at radius 2 is 2.00 bits per heavy atom. The Bertz CT molecular complexity index is 774. The Labute approximate surface area is 150 Å². The third kappa shape index (κ3) is 4.57. The lowest BCUT2D eigenvalue weighted by molar-refractivity contribution is -0.797. The van der Waals surface area contributed by atoms with Crippen molar-refractivity contribution < 1.29 is 14.9 Å². The van der Waals surface area contributed by atoms with E-state index in [9.17, 15) is 15.3 Å². The van der Waals surface area contributed by atoms with Crippen molar-refractivity contribution in [3.05, 3.63) is 58.3 Å². The molecule has 6 nitrogen and oxygen atoms in total. The first-order valence-corrected chi connectivity index (χ1v) is 9.14. The fourth-order valence-corrected chi connectivity index (χ4v) is 3.81. The van der Waals surface area contributed by atoms with Crippen LogP contribution in [0, 0.1) is 10.1 Å². The van der Waals surface area contributed by atoms with Gasteiger partial charge in [0.15, 0.2) is 0 Å². The van der Waals surface area contributed by atoms with Gasteiger partial charge in [-0.2, -0.15) is 0 Å². The molecule has 1 N–H and O–H groups in total. The van der Waals surface area contributed by atoms with Crippen LogP contribution in [0.15, 0.2) is 52.5 Å². The lowest BCUT2D eigenvalue weighted by atomic mass is 9.96. The van der Waals surface area contributed by atoms with Gasteiger partial charge in [0.2, 0.25) is 12.3 Å². The number of nitro benzene ring substituents is 1. The molecule has 1 aromatic carbocycles. The van der Waals surface area contributed by atoms with E-state index in [-0.39, 0.29) is 11.7 Å². The van der Waals surface area contributed by atoms with Crippen LogP contribution >= 0.6 is 11.8 Å². The smallest absolute Gasteiger partial charge is 0.270 e.